The molecular formula is C19H29N5O2. The molecule has 0 aromatic heterocycles. The van der Waals surface area contributed by atoms with Gasteiger partial charge in [0.2, 0.25) is 0 Å². The molecular weight excluding hydrogens is 330 g/mol. The number of carbonyl (C=O) groups excluding carboxylic acids is 1. The van der Waals surface area contributed by atoms with E-state index in [2.05, 4.69) is 25.4 Å². The number of guanidine groups is 1. The van der Waals surface area contributed by atoms with Gasteiger partial charge >= 0.3 is 0 Å². The largest absolute Gasteiger partial charge is 0.379 e. The number of carbonyl (C=O) groups is 1. The van der Waals surface area contributed by atoms with Crippen LogP contribution >= 0.6 is 0 Å². The van der Waals surface area contributed by atoms with Gasteiger partial charge in [0.05, 0.1) is 13.2 Å². The minimum Gasteiger partial charge on any atom is -0.379 e. The number of ether oxygens (including phenoxy) is 1. The summed E-state index contributed by atoms with van der Waals surface area (Å²) in [4.78, 5) is 20.9. The van der Waals surface area contributed by atoms with E-state index >= 15 is 0 Å². The fourth-order valence-electron chi connectivity index (χ4n) is 3.61. The molecule has 1 amide bonds. The average Bonchev–Trinajstić information content (AvgIpc) is 3.19. The zero-order chi connectivity index (χ0) is 18.4. The summed E-state index contributed by atoms with van der Waals surface area (Å²) >= 11 is 0. The van der Waals surface area contributed by atoms with Crippen LogP contribution in [0.1, 0.15) is 22.3 Å². The quantitative estimate of drug-likeness (QED) is 0.606. The SMILES string of the molecule is CN=C(NCc1ccc(C(=O)NC)cc1)N1CCC(N2CCOCC2)C1. The minimum atomic E-state index is -0.0634. The summed E-state index contributed by atoms with van der Waals surface area (Å²) < 4.78 is 5.46. The molecule has 0 saturated carbocycles. The second kappa shape index (κ2) is 9.00. The third kappa shape index (κ3) is 4.53. The molecule has 2 aliphatic rings. The Kier molecular flexibility index (Phi) is 6.46. The molecule has 1 unspecified atom stereocenters. The molecule has 0 spiro atoms. The Hall–Kier alpha value is -2.12. The molecule has 3 rings (SSSR count). The van der Waals surface area contributed by atoms with E-state index in [0.29, 0.717) is 18.2 Å². The first kappa shape index (κ1) is 18.7. The van der Waals surface area contributed by atoms with Gasteiger partial charge in [-0.1, -0.05) is 12.1 Å². The number of hydrogen-bond acceptors (Lipinski definition) is 4. The van der Waals surface area contributed by atoms with Crippen molar-refractivity contribution in [3.8, 4) is 0 Å². The molecule has 7 nitrogen and oxygen atoms in total. The van der Waals surface area contributed by atoms with Crippen LogP contribution in [-0.4, -0.2) is 81.2 Å². The standard InChI is InChI=1S/C19H29N5O2/c1-20-18(25)16-5-3-15(4-6-16)13-22-19(21-2)24-8-7-17(14-24)23-9-11-26-12-10-23/h3-6,17H,7-14H2,1-2H3,(H,20,25)(H,21,22). The van der Waals surface area contributed by atoms with Crippen molar-refractivity contribution in [1.29, 1.82) is 0 Å². The molecule has 26 heavy (non-hydrogen) atoms. The van der Waals surface area contributed by atoms with Crippen molar-refractivity contribution in [2.45, 2.75) is 19.0 Å². The molecule has 0 aliphatic carbocycles. The molecule has 0 radical (unpaired) electrons. The van der Waals surface area contributed by atoms with Gasteiger partial charge in [-0.2, -0.15) is 0 Å². The third-order valence-electron chi connectivity index (χ3n) is 5.13. The summed E-state index contributed by atoms with van der Waals surface area (Å²) in [7, 11) is 3.47. The Balaban J connectivity index is 1.51. The number of hydrogen-bond donors (Lipinski definition) is 2. The second-order valence-electron chi connectivity index (χ2n) is 6.71. The fraction of sp³-hybridized carbons (Fsp3) is 0.579. The van der Waals surface area contributed by atoms with Gasteiger partial charge in [0.1, 0.15) is 0 Å². The summed E-state index contributed by atoms with van der Waals surface area (Å²) in [6, 6.07) is 8.24. The van der Waals surface area contributed by atoms with Crippen molar-refractivity contribution in [1.82, 2.24) is 20.4 Å². The predicted molar refractivity (Wildman–Crippen MR) is 102 cm³/mol. The summed E-state index contributed by atoms with van der Waals surface area (Å²) in [5.74, 6) is 0.877. The summed E-state index contributed by atoms with van der Waals surface area (Å²) in [5.41, 5.74) is 1.80. The van der Waals surface area contributed by atoms with E-state index in [9.17, 15) is 4.79 Å². The van der Waals surface area contributed by atoms with Gasteiger partial charge in [-0.15, -0.1) is 0 Å². The summed E-state index contributed by atoms with van der Waals surface area (Å²) in [5, 5.41) is 6.08. The summed E-state index contributed by atoms with van der Waals surface area (Å²) in [6.07, 6.45) is 1.17. The van der Waals surface area contributed by atoms with Crippen LogP contribution in [-0.2, 0) is 11.3 Å². The van der Waals surface area contributed by atoms with Crippen LogP contribution < -0.4 is 10.6 Å². The van der Waals surface area contributed by atoms with Crippen LogP contribution in [0.4, 0.5) is 0 Å². The van der Waals surface area contributed by atoms with Crippen molar-refractivity contribution < 1.29 is 9.53 Å². The molecule has 2 saturated heterocycles. The monoisotopic (exact) mass is 359 g/mol. The maximum atomic E-state index is 11.6. The Labute approximate surface area is 155 Å². The van der Waals surface area contributed by atoms with E-state index in [-0.39, 0.29) is 5.91 Å². The molecule has 2 aliphatic heterocycles. The lowest BCUT2D eigenvalue weighted by Crippen LogP contribution is -2.46. The van der Waals surface area contributed by atoms with Crippen molar-refractivity contribution in [2.75, 3.05) is 53.5 Å². The number of amides is 1. The van der Waals surface area contributed by atoms with Crippen LogP contribution in [0, 0.1) is 0 Å². The van der Waals surface area contributed by atoms with E-state index in [1.165, 1.54) is 6.42 Å². The molecule has 1 aromatic rings. The van der Waals surface area contributed by atoms with Gasteiger partial charge in [-0.25, -0.2) is 0 Å². The topological polar surface area (TPSA) is 69.2 Å². The van der Waals surface area contributed by atoms with Gasteiger partial charge in [-0.05, 0) is 24.1 Å². The van der Waals surface area contributed by atoms with E-state index in [0.717, 1.165) is 50.9 Å². The van der Waals surface area contributed by atoms with Crippen molar-refractivity contribution in [3.05, 3.63) is 35.4 Å². The first-order valence-corrected chi connectivity index (χ1v) is 9.29. The van der Waals surface area contributed by atoms with E-state index < -0.39 is 0 Å². The van der Waals surface area contributed by atoms with Crippen LogP contribution in [0.25, 0.3) is 0 Å². The van der Waals surface area contributed by atoms with Crippen molar-refractivity contribution in [3.63, 3.8) is 0 Å². The zero-order valence-electron chi connectivity index (χ0n) is 15.7. The third-order valence-corrected chi connectivity index (χ3v) is 5.13. The number of benzene rings is 1. The smallest absolute Gasteiger partial charge is 0.251 e. The normalized spacial score (nSPS) is 21.7. The number of nitrogens with one attached hydrogen (secondary N) is 2. The highest BCUT2D eigenvalue weighted by molar-refractivity contribution is 5.93. The van der Waals surface area contributed by atoms with Gasteiger partial charge in [0, 0.05) is 58.4 Å². The molecule has 1 atom stereocenters. The van der Waals surface area contributed by atoms with Crippen LogP contribution in [0.3, 0.4) is 0 Å². The molecule has 142 valence electrons. The Morgan fingerprint density at radius 3 is 2.62 bits per heavy atom. The predicted octanol–water partition coefficient (Wildman–Crippen LogP) is 0.528. The van der Waals surface area contributed by atoms with Gasteiger partial charge < -0.3 is 20.3 Å². The van der Waals surface area contributed by atoms with Crippen LogP contribution in [0.15, 0.2) is 29.3 Å². The highest BCUT2D eigenvalue weighted by Gasteiger charge is 2.30. The second-order valence-corrected chi connectivity index (χ2v) is 6.71. The Morgan fingerprint density at radius 1 is 1.23 bits per heavy atom. The first-order valence-electron chi connectivity index (χ1n) is 9.29. The number of likely N-dealkylation sites (tertiary alicyclic amines) is 1. The van der Waals surface area contributed by atoms with E-state index in [1.54, 1.807) is 7.05 Å². The van der Waals surface area contributed by atoms with E-state index in [4.69, 9.17) is 4.74 Å². The lowest BCUT2D eigenvalue weighted by atomic mass is 10.1. The van der Waals surface area contributed by atoms with Gasteiger partial charge in [-0.3, -0.25) is 14.7 Å². The number of rotatable bonds is 4. The molecule has 2 fully saturated rings. The maximum Gasteiger partial charge on any atom is 0.251 e. The molecule has 0 bridgehead atoms. The molecule has 2 N–H and O–H groups in total. The van der Waals surface area contributed by atoms with Crippen LogP contribution in [0.2, 0.25) is 0 Å². The molecule has 7 heteroatoms. The minimum absolute atomic E-state index is 0.0634. The first-order chi connectivity index (χ1) is 12.7. The number of nitrogens with zero attached hydrogens (tertiary/aromatic N) is 3. The Bertz CT molecular complexity index is 625. The zero-order valence-corrected chi connectivity index (χ0v) is 15.7. The number of aliphatic imine (C=N–C) groups is 1. The van der Waals surface area contributed by atoms with Gasteiger partial charge in [0.25, 0.3) is 5.91 Å². The van der Waals surface area contributed by atoms with Crippen molar-refractivity contribution >= 4 is 11.9 Å². The fourth-order valence-corrected chi connectivity index (χ4v) is 3.61. The van der Waals surface area contributed by atoms with Gasteiger partial charge in [0.15, 0.2) is 5.96 Å². The highest BCUT2D eigenvalue weighted by Crippen LogP contribution is 2.17. The average molecular weight is 359 g/mol. The number of morpholine rings is 1. The summed E-state index contributed by atoms with van der Waals surface area (Å²) in [6.45, 7) is 6.47. The lowest BCUT2D eigenvalue weighted by Gasteiger charge is -2.32. The molecule has 2 heterocycles. The lowest BCUT2D eigenvalue weighted by molar-refractivity contribution is 0.0195. The molecule has 1 aromatic carbocycles. The highest BCUT2D eigenvalue weighted by atomic mass is 16.5. The Morgan fingerprint density at radius 2 is 1.96 bits per heavy atom. The van der Waals surface area contributed by atoms with Crippen molar-refractivity contribution in [2.24, 2.45) is 4.99 Å². The maximum absolute atomic E-state index is 11.6. The van der Waals surface area contributed by atoms with E-state index in [1.807, 2.05) is 31.3 Å². The van der Waals surface area contributed by atoms with Crippen LogP contribution in [0.5, 0.6) is 0 Å².